The Labute approximate surface area is 238 Å². The van der Waals surface area contributed by atoms with Crippen molar-refractivity contribution in [3.8, 4) is 11.5 Å². The SMILES string of the molecule is [CH2]C(COC(=O)/C=C/c1ccc(OC(=O)c2ccc(OCCCC(F)(F)C(F)(F)F)cc2)cc1)c1ccc(N)cc1N. The summed E-state index contributed by atoms with van der Waals surface area (Å²) in [5.41, 5.74) is 14.1. The molecule has 0 saturated carbocycles. The molecule has 3 aromatic carbocycles. The molecular weight excluding hydrogens is 563 g/mol. The first-order valence-corrected chi connectivity index (χ1v) is 12.6. The Kier molecular flexibility index (Phi) is 10.5. The van der Waals surface area contributed by atoms with E-state index in [0.29, 0.717) is 22.5 Å². The zero-order chi connectivity index (χ0) is 30.9. The van der Waals surface area contributed by atoms with Crippen LogP contribution in [0.4, 0.5) is 33.3 Å². The van der Waals surface area contributed by atoms with Gasteiger partial charge in [-0.2, -0.15) is 22.0 Å². The van der Waals surface area contributed by atoms with Crippen molar-refractivity contribution in [3.63, 3.8) is 0 Å². The molecule has 0 aliphatic carbocycles. The van der Waals surface area contributed by atoms with Gasteiger partial charge in [-0.3, -0.25) is 0 Å². The zero-order valence-corrected chi connectivity index (χ0v) is 22.2. The minimum Gasteiger partial charge on any atom is -0.494 e. The maximum absolute atomic E-state index is 12.9. The van der Waals surface area contributed by atoms with Crippen LogP contribution in [0.25, 0.3) is 6.08 Å². The number of alkyl halides is 5. The molecule has 0 bridgehead atoms. The highest BCUT2D eigenvalue weighted by atomic mass is 19.4. The Morgan fingerprint density at radius 2 is 1.55 bits per heavy atom. The monoisotopic (exact) mass is 591 g/mol. The number of benzene rings is 3. The summed E-state index contributed by atoms with van der Waals surface area (Å²) in [7, 11) is 0. The van der Waals surface area contributed by atoms with E-state index >= 15 is 0 Å². The molecule has 1 unspecified atom stereocenters. The molecule has 0 aliphatic heterocycles. The van der Waals surface area contributed by atoms with Crippen molar-refractivity contribution in [1.29, 1.82) is 0 Å². The molecule has 0 saturated heterocycles. The summed E-state index contributed by atoms with van der Waals surface area (Å²) < 4.78 is 78.1. The molecule has 0 aliphatic rings. The summed E-state index contributed by atoms with van der Waals surface area (Å²) in [5.74, 6) is -6.02. The van der Waals surface area contributed by atoms with E-state index in [1.807, 2.05) is 0 Å². The average molecular weight is 592 g/mol. The van der Waals surface area contributed by atoms with Crippen molar-refractivity contribution in [3.05, 3.63) is 96.4 Å². The summed E-state index contributed by atoms with van der Waals surface area (Å²) >= 11 is 0. The number of halogens is 5. The highest BCUT2D eigenvalue weighted by Gasteiger charge is 2.56. The molecular formula is C30H28F5N2O5. The summed E-state index contributed by atoms with van der Waals surface area (Å²) in [6, 6.07) is 16.8. The van der Waals surface area contributed by atoms with E-state index < -0.39 is 36.9 Å². The molecule has 1 atom stereocenters. The van der Waals surface area contributed by atoms with Crippen molar-refractivity contribution in [2.24, 2.45) is 0 Å². The van der Waals surface area contributed by atoms with Gasteiger partial charge in [-0.05, 0) is 79.1 Å². The lowest BCUT2D eigenvalue weighted by atomic mass is 10.00. The molecule has 0 amide bonds. The first-order chi connectivity index (χ1) is 19.7. The van der Waals surface area contributed by atoms with Gasteiger partial charge in [-0.25, -0.2) is 9.59 Å². The average Bonchev–Trinajstić information content (AvgIpc) is 2.93. The fraction of sp³-hybridized carbons (Fsp3) is 0.233. The second-order valence-electron chi connectivity index (χ2n) is 9.19. The summed E-state index contributed by atoms with van der Waals surface area (Å²) in [6.45, 7) is 3.61. The molecule has 7 nitrogen and oxygen atoms in total. The van der Waals surface area contributed by atoms with Gasteiger partial charge in [0.25, 0.3) is 0 Å². The van der Waals surface area contributed by atoms with Gasteiger partial charge >= 0.3 is 24.0 Å². The molecule has 3 rings (SSSR count). The van der Waals surface area contributed by atoms with E-state index in [0.717, 1.165) is 0 Å². The molecule has 0 spiro atoms. The van der Waals surface area contributed by atoms with Crippen molar-refractivity contribution in [1.82, 2.24) is 0 Å². The lowest BCUT2D eigenvalue weighted by Gasteiger charge is -2.19. The summed E-state index contributed by atoms with van der Waals surface area (Å²) in [5, 5.41) is 0. The van der Waals surface area contributed by atoms with Crippen LogP contribution >= 0.6 is 0 Å². The molecule has 0 fully saturated rings. The van der Waals surface area contributed by atoms with Crippen LogP contribution in [0.1, 0.15) is 40.2 Å². The number of nitrogen functional groups attached to an aromatic ring is 2. The third-order valence-electron chi connectivity index (χ3n) is 5.89. The van der Waals surface area contributed by atoms with Gasteiger partial charge in [-0.1, -0.05) is 18.2 Å². The molecule has 4 N–H and O–H groups in total. The molecule has 0 heterocycles. The van der Waals surface area contributed by atoms with Gasteiger partial charge in [0.15, 0.2) is 0 Å². The van der Waals surface area contributed by atoms with E-state index in [2.05, 4.69) is 6.92 Å². The number of nitrogens with two attached hydrogens (primary N) is 2. The fourth-order valence-electron chi connectivity index (χ4n) is 3.58. The summed E-state index contributed by atoms with van der Waals surface area (Å²) in [4.78, 5) is 24.5. The van der Waals surface area contributed by atoms with Gasteiger partial charge in [0.2, 0.25) is 0 Å². The van der Waals surface area contributed by atoms with Crippen LogP contribution in [0, 0.1) is 6.92 Å². The third kappa shape index (κ3) is 9.22. The minimum absolute atomic E-state index is 0.0140. The first kappa shape index (κ1) is 31.9. The number of carbonyl (C=O) groups excluding carboxylic acids is 2. The molecule has 223 valence electrons. The largest absolute Gasteiger partial charge is 0.494 e. The second kappa shape index (κ2) is 13.8. The van der Waals surface area contributed by atoms with Gasteiger partial charge in [0.1, 0.15) is 11.5 Å². The minimum atomic E-state index is -5.60. The first-order valence-electron chi connectivity index (χ1n) is 12.6. The Balaban J connectivity index is 1.43. The maximum atomic E-state index is 12.9. The predicted octanol–water partition coefficient (Wildman–Crippen LogP) is 6.60. The predicted molar refractivity (Wildman–Crippen MR) is 147 cm³/mol. The van der Waals surface area contributed by atoms with Crippen LogP contribution in [0.2, 0.25) is 0 Å². The zero-order valence-electron chi connectivity index (χ0n) is 22.2. The highest BCUT2D eigenvalue weighted by Crippen LogP contribution is 2.38. The van der Waals surface area contributed by atoms with Gasteiger partial charge in [0.05, 0.1) is 18.8 Å². The van der Waals surface area contributed by atoms with Crippen LogP contribution in [0.5, 0.6) is 11.5 Å². The number of hydrogen-bond donors (Lipinski definition) is 2. The lowest BCUT2D eigenvalue weighted by molar-refractivity contribution is -0.284. The van der Waals surface area contributed by atoms with E-state index in [9.17, 15) is 31.5 Å². The van der Waals surface area contributed by atoms with Crippen LogP contribution in [-0.4, -0.2) is 37.3 Å². The van der Waals surface area contributed by atoms with E-state index in [4.69, 9.17) is 25.7 Å². The van der Waals surface area contributed by atoms with Gasteiger partial charge < -0.3 is 25.7 Å². The highest BCUT2D eigenvalue weighted by molar-refractivity contribution is 5.91. The second-order valence-corrected chi connectivity index (χ2v) is 9.19. The number of carbonyl (C=O) groups is 2. The fourth-order valence-corrected chi connectivity index (χ4v) is 3.58. The number of hydrogen-bond acceptors (Lipinski definition) is 7. The lowest BCUT2D eigenvalue weighted by Crippen LogP contribution is -2.36. The van der Waals surface area contributed by atoms with Crippen molar-refractivity contribution in [2.45, 2.75) is 30.9 Å². The number of rotatable bonds is 12. The number of anilines is 2. The number of ether oxygens (including phenoxy) is 3. The molecule has 0 aromatic heterocycles. The standard InChI is InChI=1S/C30H28F5N2O5/c1-19(25-13-8-22(36)17-26(25)37)18-41-27(38)14-5-20-3-9-24(10-4-20)42-28(39)21-6-11-23(12-7-21)40-16-2-15-29(31,32)30(33,34)35/h3-14,17,19H,1-2,15-16,18,36-37H2/b14-5+. The molecule has 12 heteroatoms. The molecule has 42 heavy (non-hydrogen) atoms. The quantitative estimate of drug-likeness (QED) is 0.0609. The molecule has 3 aromatic rings. The van der Waals surface area contributed by atoms with Gasteiger partial charge in [0, 0.05) is 29.8 Å². The van der Waals surface area contributed by atoms with E-state index in [1.165, 1.54) is 48.6 Å². The Hall–Kier alpha value is -4.61. The third-order valence-corrected chi connectivity index (χ3v) is 5.89. The van der Waals surface area contributed by atoms with Crippen LogP contribution < -0.4 is 20.9 Å². The topological polar surface area (TPSA) is 114 Å². The van der Waals surface area contributed by atoms with E-state index in [1.54, 1.807) is 30.3 Å². The van der Waals surface area contributed by atoms with Gasteiger partial charge in [-0.15, -0.1) is 0 Å². The Morgan fingerprint density at radius 1 is 0.905 bits per heavy atom. The van der Waals surface area contributed by atoms with Crippen molar-refractivity contribution < 1.29 is 45.8 Å². The Morgan fingerprint density at radius 3 is 2.17 bits per heavy atom. The smallest absolute Gasteiger partial charge is 0.453 e. The summed E-state index contributed by atoms with van der Waals surface area (Å²) in [6.07, 6.45) is -4.75. The van der Waals surface area contributed by atoms with Crippen LogP contribution in [-0.2, 0) is 9.53 Å². The normalized spacial score (nSPS) is 12.6. The molecule has 1 radical (unpaired) electrons. The van der Waals surface area contributed by atoms with Crippen LogP contribution in [0.15, 0.2) is 72.8 Å². The van der Waals surface area contributed by atoms with E-state index in [-0.39, 0.29) is 36.2 Å². The number of esters is 2. The van der Waals surface area contributed by atoms with Crippen molar-refractivity contribution >= 4 is 29.4 Å². The van der Waals surface area contributed by atoms with Crippen LogP contribution in [0.3, 0.4) is 0 Å². The maximum Gasteiger partial charge on any atom is 0.453 e. The van der Waals surface area contributed by atoms with Crippen molar-refractivity contribution in [2.75, 3.05) is 24.7 Å². The Bertz CT molecular complexity index is 1390.